The highest BCUT2D eigenvalue weighted by molar-refractivity contribution is 6.01. The van der Waals surface area contributed by atoms with Crippen molar-refractivity contribution in [2.75, 3.05) is 25.9 Å². The zero-order valence-electron chi connectivity index (χ0n) is 25.8. The number of carbonyl (C=O) groups is 4. The summed E-state index contributed by atoms with van der Waals surface area (Å²) in [5, 5.41) is 0. The number of rotatable bonds is 7. The average Bonchev–Trinajstić information content (AvgIpc) is 3.53. The number of piperidine rings is 1. The standard InChI is InChI=1S/C34H40N4O6/c1-33(2,3)44-29(39)13-12-27(30(36)40)38-20-25-21(6-5-7-24(25)32(38)42)8-10-23-19-34(23)14-16-37(17-15-34)31(41)22-9-11-26(35)28(18-22)43-4/h5-7,9,11,18,23,27H,12-17,19-20,35H2,1-4H3,(H2,36,40)/t23-,27-/m0/s1. The second-order valence-electron chi connectivity index (χ2n) is 12.9. The Morgan fingerprint density at radius 2 is 1.86 bits per heavy atom. The first-order chi connectivity index (χ1) is 20.8. The van der Waals surface area contributed by atoms with Crippen LogP contribution in [0.2, 0.25) is 0 Å². The normalized spacial score (nSPS) is 19.1. The number of hydrogen-bond acceptors (Lipinski definition) is 7. The van der Waals surface area contributed by atoms with E-state index in [4.69, 9.17) is 20.9 Å². The molecule has 10 heteroatoms. The molecule has 3 amide bonds. The van der Waals surface area contributed by atoms with Crippen molar-refractivity contribution >= 4 is 29.4 Å². The number of ether oxygens (including phenoxy) is 2. The summed E-state index contributed by atoms with van der Waals surface area (Å²) in [6.07, 6.45) is 2.79. The predicted octanol–water partition coefficient (Wildman–Crippen LogP) is 3.50. The van der Waals surface area contributed by atoms with Gasteiger partial charge in [0.2, 0.25) is 5.91 Å². The van der Waals surface area contributed by atoms with E-state index in [1.165, 1.54) is 12.0 Å². The molecule has 1 saturated heterocycles. The smallest absolute Gasteiger partial charge is 0.306 e. The van der Waals surface area contributed by atoms with Crippen molar-refractivity contribution in [3.8, 4) is 17.6 Å². The number of benzene rings is 2. The molecular formula is C34H40N4O6. The lowest BCUT2D eigenvalue weighted by molar-refractivity contribution is -0.155. The van der Waals surface area contributed by atoms with Gasteiger partial charge in [0, 0.05) is 48.7 Å². The van der Waals surface area contributed by atoms with E-state index in [9.17, 15) is 19.2 Å². The highest BCUT2D eigenvalue weighted by atomic mass is 16.6. The largest absolute Gasteiger partial charge is 0.495 e. The third-order valence-corrected chi connectivity index (χ3v) is 8.84. The molecule has 0 bridgehead atoms. The van der Waals surface area contributed by atoms with Gasteiger partial charge in [0.1, 0.15) is 17.4 Å². The van der Waals surface area contributed by atoms with E-state index in [1.807, 2.05) is 11.0 Å². The summed E-state index contributed by atoms with van der Waals surface area (Å²) in [5.74, 6) is 6.02. The molecule has 5 rings (SSSR count). The summed E-state index contributed by atoms with van der Waals surface area (Å²) in [6, 6.07) is 9.59. The second kappa shape index (κ2) is 11.9. The summed E-state index contributed by atoms with van der Waals surface area (Å²) < 4.78 is 10.6. The van der Waals surface area contributed by atoms with E-state index in [-0.39, 0.29) is 42.5 Å². The molecule has 4 N–H and O–H groups in total. The summed E-state index contributed by atoms with van der Waals surface area (Å²) in [7, 11) is 1.53. The lowest BCUT2D eigenvalue weighted by Gasteiger charge is -2.32. The number of nitrogens with two attached hydrogens (primary N) is 2. The Morgan fingerprint density at radius 1 is 1.14 bits per heavy atom. The molecule has 44 heavy (non-hydrogen) atoms. The predicted molar refractivity (Wildman–Crippen MR) is 164 cm³/mol. The fourth-order valence-electron chi connectivity index (χ4n) is 6.27. The molecule has 1 saturated carbocycles. The number of hydrogen-bond donors (Lipinski definition) is 2. The van der Waals surface area contributed by atoms with Gasteiger partial charge >= 0.3 is 5.97 Å². The zero-order chi connectivity index (χ0) is 31.8. The lowest BCUT2D eigenvalue weighted by Crippen LogP contribution is -2.45. The number of esters is 1. The fraction of sp³-hybridized carbons (Fsp3) is 0.471. The first-order valence-electron chi connectivity index (χ1n) is 15.0. The van der Waals surface area contributed by atoms with Gasteiger partial charge in [-0.3, -0.25) is 19.2 Å². The molecule has 1 spiro atoms. The van der Waals surface area contributed by atoms with Crippen molar-refractivity contribution in [2.24, 2.45) is 17.1 Å². The summed E-state index contributed by atoms with van der Waals surface area (Å²) in [6.45, 7) is 6.83. The van der Waals surface area contributed by atoms with Crippen LogP contribution in [0.3, 0.4) is 0 Å². The molecule has 0 aromatic heterocycles. The maximum atomic E-state index is 13.3. The van der Waals surface area contributed by atoms with Crippen molar-refractivity contribution in [3.05, 3.63) is 58.7 Å². The quantitative estimate of drug-likeness (QED) is 0.281. The number of methoxy groups -OCH3 is 1. The molecular weight excluding hydrogens is 560 g/mol. The highest BCUT2D eigenvalue weighted by Crippen LogP contribution is 2.59. The second-order valence-corrected chi connectivity index (χ2v) is 12.9. The molecule has 2 aromatic carbocycles. The minimum atomic E-state index is -0.933. The Hall–Kier alpha value is -4.52. The number of primary amides is 1. The van der Waals surface area contributed by atoms with E-state index >= 15 is 0 Å². The monoisotopic (exact) mass is 600 g/mol. The van der Waals surface area contributed by atoms with Gasteiger partial charge in [-0.15, -0.1) is 0 Å². The van der Waals surface area contributed by atoms with Crippen molar-refractivity contribution in [1.82, 2.24) is 9.80 Å². The van der Waals surface area contributed by atoms with Crippen molar-refractivity contribution < 1.29 is 28.7 Å². The average molecular weight is 601 g/mol. The first kappa shape index (κ1) is 30.9. The molecule has 0 radical (unpaired) electrons. The van der Waals surface area contributed by atoms with E-state index < -0.39 is 23.5 Å². The number of amides is 3. The molecule has 3 aliphatic rings. The molecule has 2 atom stereocenters. The third-order valence-electron chi connectivity index (χ3n) is 8.84. The number of carbonyl (C=O) groups excluding carboxylic acids is 4. The van der Waals surface area contributed by atoms with Crippen LogP contribution in [0.5, 0.6) is 5.75 Å². The van der Waals surface area contributed by atoms with E-state index in [2.05, 4.69) is 11.8 Å². The van der Waals surface area contributed by atoms with Gasteiger partial charge in [-0.25, -0.2) is 0 Å². The van der Waals surface area contributed by atoms with Gasteiger partial charge < -0.3 is 30.7 Å². The zero-order valence-corrected chi connectivity index (χ0v) is 25.8. The van der Waals surface area contributed by atoms with Crippen LogP contribution < -0.4 is 16.2 Å². The van der Waals surface area contributed by atoms with Crippen LogP contribution in [0.1, 0.15) is 84.7 Å². The fourth-order valence-corrected chi connectivity index (χ4v) is 6.27. The Labute approximate surface area is 258 Å². The Bertz CT molecular complexity index is 1560. The van der Waals surface area contributed by atoms with E-state index in [0.29, 0.717) is 35.7 Å². The molecule has 2 fully saturated rings. The van der Waals surface area contributed by atoms with Gasteiger partial charge in [-0.2, -0.15) is 0 Å². The van der Waals surface area contributed by atoms with Gasteiger partial charge in [-0.05, 0) is 87.8 Å². The Morgan fingerprint density at radius 3 is 2.52 bits per heavy atom. The number of anilines is 1. The minimum Gasteiger partial charge on any atom is -0.495 e. The molecule has 2 aromatic rings. The Kier molecular flexibility index (Phi) is 8.34. The van der Waals surface area contributed by atoms with Crippen LogP contribution in [-0.4, -0.2) is 65.3 Å². The van der Waals surface area contributed by atoms with Gasteiger partial charge in [0.25, 0.3) is 11.8 Å². The summed E-state index contributed by atoms with van der Waals surface area (Å²) in [5.41, 5.74) is 14.1. The summed E-state index contributed by atoms with van der Waals surface area (Å²) in [4.78, 5) is 54.3. The molecule has 0 unspecified atom stereocenters. The molecule has 2 heterocycles. The topological polar surface area (TPSA) is 145 Å². The SMILES string of the molecule is COc1cc(C(=O)N2CCC3(CC2)C[C@@H]3C#Cc2cccc3c2CN([C@@H](CCC(=O)OC(C)(C)C)C(N)=O)C3=O)ccc1N. The lowest BCUT2D eigenvalue weighted by atomic mass is 9.90. The van der Waals surface area contributed by atoms with E-state index in [1.54, 1.807) is 51.1 Å². The Balaban J connectivity index is 1.22. The number of fused-ring (bicyclic) bond motifs is 1. The highest BCUT2D eigenvalue weighted by Gasteiger charge is 2.54. The van der Waals surface area contributed by atoms with Crippen LogP contribution in [-0.2, 0) is 20.9 Å². The molecule has 232 valence electrons. The maximum absolute atomic E-state index is 13.3. The summed E-state index contributed by atoms with van der Waals surface area (Å²) >= 11 is 0. The molecule has 1 aliphatic carbocycles. The van der Waals surface area contributed by atoms with Crippen molar-refractivity contribution in [1.29, 1.82) is 0 Å². The van der Waals surface area contributed by atoms with Gasteiger partial charge in [-0.1, -0.05) is 17.9 Å². The van der Waals surface area contributed by atoms with Crippen LogP contribution >= 0.6 is 0 Å². The molecule has 10 nitrogen and oxygen atoms in total. The minimum absolute atomic E-state index is 0.0291. The van der Waals surface area contributed by atoms with Crippen LogP contribution in [0, 0.1) is 23.2 Å². The van der Waals surface area contributed by atoms with Gasteiger partial charge in [0.15, 0.2) is 0 Å². The van der Waals surface area contributed by atoms with Crippen LogP contribution in [0.25, 0.3) is 0 Å². The van der Waals surface area contributed by atoms with Crippen LogP contribution in [0.15, 0.2) is 36.4 Å². The number of nitrogens with zero attached hydrogens (tertiary/aromatic N) is 2. The van der Waals surface area contributed by atoms with Crippen molar-refractivity contribution in [2.45, 2.75) is 71.1 Å². The molecule has 2 aliphatic heterocycles. The first-order valence-corrected chi connectivity index (χ1v) is 15.0. The van der Waals surface area contributed by atoms with Crippen LogP contribution in [0.4, 0.5) is 5.69 Å². The number of nitrogen functional groups attached to an aromatic ring is 1. The number of likely N-dealkylation sites (tertiary alicyclic amines) is 1. The van der Waals surface area contributed by atoms with E-state index in [0.717, 1.165) is 30.4 Å². The van der Waals surface area contributed by atoms with Crippen molar-refractivity contribution in [3.63, 3.8) is 0 Å². The van der Waals surface area contributed by atoms with Gasteiger partial charge in [0.05, 0.1) is 12.8 Å². The third kappa shape index (κ3) is 6.37. The maximum Gasteiger partial charge on any atom is 0.306 e.